The molecule has 2 aromatic heterocycles. The number of aromatic nitrogens is 3. The van der Waals surface area contributed by atoms with E-state index in [9.17, 15) is 14.0 Å². The van der Waals surface area contributed by atoms with E-state index in [2.05, 4.69) is 15.4 Å². The maximum Gasteiger partial charge on any atom is 0.258 e. The summed E-state index contributed by atoms with van der Waals surface area (Å²) in [6.07, 6.45) is 1.83. The van der Waals surface area contributed by atoms with E-state index in [0.717, 1.165) is 29.8 Å². The third kappa shape index (κ3) is 4.01. The Morgan fingerprint density at radius 1 is 1.27 bits per heavy atom. The number of carbonyl (C=O) groups excluding carboxylic acids is 2. The molecule has 0 saturated heterocycles. The first-order valence-electron chi connectivity index (χ1n) is 10.9. The smallest absolute Gasteiger partial charge is 0.258 e. The zero-order valence-electron chi connectivity index (χ0n) is 18.3. The van der Waals surface area contributed by atoms with Crippen LogP contribution in [-0.2, 0) is 17.9 Å². The van der Waals surface area contributed by atoms with E-state index in [4.69, 9.17) is 16.3 Å². The molecule has 5 rings (SSSR count). The number of hydrogen-bond donors (Lipinski definition) is 1. The Morgan fingerprint density at radius 3 is 2.82 bits per heavy atom. The largest absolute Gasteiger partial charge is 0.491 e. The van der Waals surface area contributed by atoms with Gasteiger partial charge < -0.3 is 15.0 Å². The van der Waals surface area contributed by atoms with Crippen LogP contribution in [0.2, 0.25) is 5.02 Å². The molecule has 0 unspecified atom stereocenters. The first-order chi connectivity index (χ1) is 15.8. The Bertz CT molecular complexity index is 1290. The molecule has 3 aromatic rings. The lowest BCUT2D eigenvalue weighted by atomic mass is 10.1. The van der Waals surface area contributed by atoms with Crippen molar-refractivity contribution in [2.75, 3.05) is 13.2 Å². The summed E-state index contributed by atoms with van der Waals surface area (Å²) in [6, 6.07) is 3.85. The standard InChI is InChI=1S/C23H23ClFN5O3/c1-12-20(24)13(2)30-21(27-12)17-10-29(11-18(17)28-30)23(32)16-6-5-15(25)9-19(16)33-8-7-26-22(31)14-3-4-14/h5-6,9,14H,3-4,7-8,10-11H2,1-2H3,(H,26,31). The van der Waals surface area contributed by atoms with Gasteiger partial charge in [0.15, 0.2) is 5.65 Å². The predicted molar refractivity (Wildman–Crippen MR) is 119 cm³/mol. The molecular formula is C23H23ClFN5O3. The Labute approximate surface area is 194 Å². The number of fused-ring (bicyclic) bond motifs is 3. The second kappa shape index (κ2) is 8.30. The monoisotopic (exact) mass is 471 g/mol. The molecule has 1 saturated carbocycles. The summed E-state index contributed by atoms with van der Waals surface area (Å²) in [5, 5.41) is 7.96. The highest BCUT2D eigenvalue weighted by atomic mass is 35.5. The number of amides is 2. The molecule has 1 aliphatic heterocycles. The van der Waals surface area contributed by atoms with Crippen molar-refractivity contribution in [1.29, 1.82) is 0 Å². The minimum atomic E-state index is -0.502. The lowest BCUT2D eigenvalue weighted by Gasteiger charge is -2.18. The van der Waals surface area contributed by atoms with Gasteiger partial charge in [0.05, 0.1) is 47.3 Å². The molecular weight excluding hydrogens is 449 g/mol. The number of ether oxygens (including phenoxy) is 1. The molecule has 2 aliphatic rings. The highest BCUT2D eigenvalue weighted by Crippen LogP contribution is 2.31. The van der Waals surface area contributed by atoms with Crippen LogP contribution in [0.5, 0.6) is 5.75 Å². The Morgan fingerprint density at radius 2 is 2.06 bits per heavy atom. The van der Waals surface area contributed by atoms with Gasteiger partial charge in [-0.15, -0.1) is 0 Å². The Hall–Kier alpha value is -3.20. The van der Waals surface area contributed by atoms with E-state index >= 15 is 0 Å². The predicted octanol–water partition coefficient (Wildman–Crippen LogP) is 3.20. The van der Waals surface area contributed by atoms with Gasteiger partial charge in [-0.1, -0.05) is 11.6 Å². The maximum absolute atomic E-state index is 13.9. The number of nitrogens with one attached hydrogen (secondary N) is 1. The van der Waals surface area contributed by atoms with E-state index in [1.807, 2.05) is 13.8 Å². The molecule has 0 bridgehead atoms. The fourth-order valence-electron chi connectivity index (χ4n) is 4.04. The number of halogens is 2. The van der Waals surface area contributed by atoms with Gasteiger partial charge in [0, 0.05) is 17.5 Å². The van der Waals surface area contributed by atoms with Crippen molar-refractivity contribution >= 4 is 29.1 Å². The van der Waals surface area contributed by atoms with Crippen molar-refractivity contribution < 1.29 is 18.7 Å². The number of nitrogens with zero attached hydrogens (tertiary/aromatic N) is 4. The highest BCUT2D eigenvalue weighted by Gasteiger charge is 2.32. The molecule has 1 N–H and O–H groups in total. The van der Waals surface area contributed by atoms with E-state index in [-0.39, 0.29) is 35.7 Å². The Balaban J connectivity index is 1.32. The van der Waals surface area contributed by atoms with Crippen LogP contribution in [-0.4, -0.2) is 44.5 Å². The molecule has 33 heavy (non-hydrogen) atoms. The van der Waals surface area contributed by atoms with E-state index in [1.54, 1.807) is 9.42 Å². The summed E-state index contributed by atoms with van der Waals surface area (Å²) in [5.41, 5.74) is 4.08. The van der Waals surface area contributed by atoms with Gasteiger partial charge in [-0.25, -0.2) is 13.9 Å². The lowest BCUT2D eigenvalue weighted by molar-refractivity contribution is -0.122. The molecule has 2 amide bonds. The van der Waals surface area contributed by atoms with Crippen LogP contribution in [0.3, 0.4) is 0 Å². The van der Waals surface area contributed by atoms with Gasteiger partial charge in [-0.2, -0.15) is 5.10 Å². The van der Waals surface area contributed by atoms with Gasteiger partial charge >= 0.3 is 0 Å². The van der Waals surface area contributed by atoms with E-state index in [0.29, 0.717) is 36.0 Å². The van der Waals surface area contributed by atoms with Crippen LogP contribution in [0.1, 0.15) is 45.8 Å². The summed E-state index contributed by atoms with van der Waals surface area (Å²) in [6.45, 7) is 4.78. The molecule has 10 heteroatoms. The molecule has 172 valence electrons. The SMILES string of the molecule is Cc1nc2c3c(nn2c(C)c1Cl)CN(C(=O)c1ccc(F)cc1OCCNC(=O)C1CC1)C3. The normalized spacial score (nSPS) is 15.1. The molecule has 1 fully saturated rings. The van der Waals surface area contributed by atoms with Crippen LogP contribution in [0.15, 0.2) is 18.2 Å². The second-order valence-electron chi connectivity index (χ2n) is 8.47. The quantitative estimate of drug-likeness (QED) is 0.558. The molecule has 1 aliphatic carbocycles. The van der Waals surface area contributed by atoms with Crippen LogP contribution in [0.4, 0.5) is 4.39 Å². The topological polar surface area (TPSA) is 88.8 Å². The van der Waals surface area contributed by atoms with Crippen LogP contribution < -0.4 is 10.1 Å². The highest BCUT2D eigenvalue weighted by molar-refractivity contribution is 6.31. The lowest BCUT2D eigenvalue weighted by Crippen LogP contribution is -2.30. The van der Waals surface area contributed by atoms with Gasteiger partial charge in [0.25, 0.3) is 5.91 Å². The number of rotatable bonds is 6. The zero-order chi connectivity index (χ0) is 23.3. The minimum Gasteiger partial charge on any atom is -0.491 e. The molecule has 0 spiro atoms. The molecule has 0 radical (unpaired) electrons. The molecule has 8 nitrogen and oxygen atoms in total. The van der Waals surface area contributed by atoms with Crippen molar-refractivity contribution in [3.8, 4) is 5.75 Å². The molecule has 0 atom stereocenters. The molecule has 1 aromatic carbocycles. The van der Waals surface area contributed by atoms with E-state index < -0.39 is 5.82 Å². The van der Waals surface area contributed by atoms with E-state index in [1.165, 1.54) is 18.2 Å². The van der Waals surface area contributed by atoms with Crippen LogP contribution in [0, 0.1) is 25.6 Å². The average Bonchev–Trinajstić information content (AvgIpc) is 3.48. The van der Waals surface area contributed by atoms with Gasteiger partial charge in [0.2, 0.25) is 5.91 Å². The number of aryl methyl sites for hydroxylation is 2. The third-order valence-corrected chi connectivity index (χ3v) is 6.57. The average molecular weight is 472 g/mol. The number of hydrogen-bond acceptors (Lipinski definition) is 5. The summed E-state index contributed by atoms with van der Waals surface area (Å²) in [7, 11) is 0. The van der Waals surface area contributed by atoms with Crippen LogP contribution in [0.25, 0.3) is 5.65 Å². The summed E-state index contributed by atoms with van der Waals surface area (Å²) < 4.78 is 21.3. The number of carbonyl (C=O) groups is 2. The second-order valence-corrected chi connectivity index (χ2v) is 8.85. The number of benzene rings is 1. The maximum atomic E-state index is 13.9. The fraction of sp³-hybridized carbons (Fsp3) is 0.391. The first-order valence-corrected chi connectivity index (χ1v) is 11.2. The Kier molecular flexibility index (Phi) is 5.44. The summed E-state index contributed by atoms with van der Waals surface area (Å²) >= 11 is 6.30. The summed E-state index contributed by atoms with van der Waals surface area (Å²) in [4.78, 5) is 31.2. The van der Waals surface area contributed by atoms with Crippen molar-refractivity contribution in [1.82, 2.24) is 24.8 Å². The third-order valence-electron chi connectivity index (χ3n) is 6.02. The van der Waals surface area contributed by atoms with Crippen LogP contribution >= 0.6 is 11.6 Å². The molecule has 3 heterocycles. The van der Waals surface area contributed by atoms with Crippen molar-refractivity contribution in [2.45, 2.75) is 39.8 Å². The van der Waals surface area contributed by atoms with Crippen molar-refractivity contribution in [3.63, 3.8) is 0 Å². The van der Waals surface area contributed by atoms with Crippen molar-refractivity contribution in [2.24, 2.45) is 5.92 Å². The van der Waals surface area contributed by atoms with Gasteiger partial charge in [-0.05, 0) is 38.8 Å². The van der Waals surface area contributed by atoms with Gasteiger partial charge in [-0.3, -0.25) is 9.59 Å². The first kappa shape index (κ1) is 21.6. The zero-order valence-corrected chi connectivity index (χ0v) is 19.1. The fourth-order valence-corrected chi connectivity index (χ4v) is 4.17. The van der Waals surface area contributed by atoms with Gasteiger partial charge in [0.1, 0.15) is 18.2 Å². The van der Waals surface area contributed by atoms with Crippen molar-refractivity contribution in [3.05, 3.63) is 57.2 Å². The minimum absolute atomic E-state index is 0.00840. The summed E-state index contributed by atoms with van der Waals surface area (Å²) in [5.74, 6) is -0.527.